The maximum Gasteiger partial charge on any atom is 0.100 e. The Bertz CT molecular complexity index is 3690. The molecule has 0 amide bonds. The van der Waals surface area contributed by atoms with E-state index in [1.54, 1.807) is 0 Å². The van der Waals surface area contributed by atoms with Crippen LogP contribution in [0.3, 0.4) is 0 Å². The molecule has 286 valence electrons. The van der Waals surface area contributed by atoms with Gasteiger partial charge in [0.1, 0.15) is 12.1 Å². The standard InChI is InChI=1S/C57H33N5/c58-34-40-30-39(48-31-47(37-16-5-1-6-17-37)51(35-59)56(52(48)36-60)38-18-7-2-8-19-38)28-29-43(40)45-25-15-26-46-50-32-49-44-24-13-14-27-53(44)61(41-20-9-3-10-21-41)54(49)33-55(50)62(57(45)46)42-22-11-4-12-23-42/h1-33H. The molecule has 0 N–H and O–H groups in total. The van der Waals surface area contributed by atoms with Crippen LogP contribution >= 0.6 is 0 Å². The molecule has 0 radical (unpaired) electrons. The highest BCUT2D eigenvalue weighted by Crippen LogP contribution is 2.45. The van der Waals surface area contributed by atoms with E-state index in [0.717, 1.165) is 77.4 Å². The molecule has 11 rings (SSSR count). The molecule has 0 aliphatic heterocycles. The van der Waals surface area contributed by atoms with Crippen LogP contribution in [0, 0.1) is 34.0 Å². The summed E-state index contributed by atoms with van der Waals surface area (Å²) in [6.07, 6.45) is 0. The van der Waals surface area contributed by atoms with E-state index in [2.05, 4.69) is 130 Å². The Labute approximate surface area is 358 Å². The zero-order valence-electron chi connectivity index (χ0n) is 33.3. The van der Waals surface area contributed by atoms with Crippen molar-refractivity contribution in [3.05, 3.63) is 217 Å². The second-order valence-electron chi connectivity index (χ2n) is 15.4. The minimum Gasteiger partial charge on any atom is -0.309 e. The van der Waals surface area contributed by atoms with Gasteiger partial charge in [0, 0.05) is 60.7 Å². The van der Waals surface area contributed by atoms with Crippen LogP contribution in [-0.4, -0.2) is 9.13 Å². The van der Waals surface area contributed by atoms with Gasteiger partial charge in [-0.15, -0.1) is 0 Å². The van der Waals surface area contributed by atoms with E-state index in [1.807, 2.05) is 97.1 Å². The van der Waals surface area contributed by atoms with Crippen molar-refractivity contribution in [3.8, 4) is 74.1 Å². The number of fused-ring (bicyclic) bond motifs is 6. The highest BCUT2D eigenvalue weighted by atomic mass is 15.0. The van der Waals surface area contributed by atoms with Crippen LogP contribution in [0.4, 0.5) is 0 Å². The number of nitrogens with zero attached hydrogens (tertiary/aromatic N) is 5. The zero-order valence-corrected chi connectivity index (χ0v) is 33.3. The molecule has 2 aromatic heterocycles. The maximum absolute atomic E-state index is 11.0. The van der Waals surface area contributed by atoms with Crippen molar-refractivity contribution in [2.24, 2.45) is 0 Å². The van der Waals surface area contributed by atoms with Crippen molar-refractivity contribution in [2.75, 3.05) is 0 Å². The molecule has 0 saturated heterocycles. The monoisotopic (exact) mass is 787 g/mol. The Morgan fingerprint density at radius 2 is 0.871 bits per heavy atom. The summed E-state index contributed by atoms with van der Waals surface area (Å²) in [6, 6.07) is 75.1. The van der Waals surface area contributed by atoms with Gasteiger partial charge in [0.25, 0.3) is 0 Å². The second kappa shape index (κ2) is 14.7. The Morgan fingerprint density at radius 3 is 1.53 bits per heavy atom. The summed E-state index contributed by atoms with van der Waals surface area (Å²) in [7, 11) is 0. The molecule has 0 spiro atoms. The predicted octanol–water partition coefficient (Wildman–Crippen LogP) is 14.2. The molecule has 9 aromatic carbocycles. The summed E-state index contributed by atoms with van der Waals surface area (Å²) in [6.45, 7) is 0. The van der Waals surface area contributed by atoms with Gasteiger partial charge in [-0.25, -0.2) is 0 Å². The number of nitriles is 3. The molecular weight excluding hydrogens is 755 g/mol. The topological polar surface area (TPSA) is 81.2 Å². The zero-order chi connectivity index (χ0) is 41.7. The molecule has 2 heterocycles. The van der Waals surface area contributed by atoms with Crippen molar-refractivity contribution in [1.29, 1.82) is 15.8 Å². The Kier molecular flexibility index (Phi) is 8.57. The number of aromatic nitrogens is 2. The van der Waals surface area contributed by atoms with Gasteiger partial charge in [-0.2, -0.15) is 15.8 Å². The van der Waals surface area contributed by atoms with Gasteiger partial charge < -0.3 is 9.13 Å². The van der Waals surface area contributed by atoms with Crippen molar-refractivity contribution in [1.82, 2.24) is 9.13 Å². The first-order valence-corrected chi connectivity index (χ1v) is 20.4. The Balaban J connectivity index is 1.18. The first kappa shape index (κ1) is 36.2. The van der Waals surface area contributed by atoms with Gasteiger partial charge in [0.2, 0.25) is 0 Å². The molecule has 11 aromatic rings. The Morgan fingerprint density at radius 1 is 0.323 bits per heavy atom. The summed E-state index contributed by atoms with van der Waals surface area (Å²) in [4.78, 5) is 0. The predicted molar refractivity (Wildman–Crippen MR) is 251 cm³/mol. The van der Waals surface area contributed by atoms with Gasteiger partial charge in [0.15, 0.2) is 0 Å². The summed E-state index contributed by atoms with van der Waals surface area (Å²) in [5, 5.41) is 37.0. The summed E-state index contributed by atoms with van der Waals surface area (Å²) < 4.78 is 4.67. The molecular formula is C57H33N5. The van der Waals surface area contributed by atoms with Gasteiger partial charge >= 0.3 is 0 Å². The third-order valence-electron chi connectivity index (χ3n) is 12.0. The lowest BCUT2D eigenvalue weighted by Crippen LogP contribution is -1.99. The molecule has 0 atom stereocenters. The minimum atomic E-state index is 0.384. The van der Waals surface area contributed by atoms with Crippen LogP contribution in [0.5, 0.6) is 0 Å². The van der Waals surface area contributed by atoms with Gasteiger partial charge in [-0.3, -0.25) is 0 Å². The Hall–Kier alpha value is -8.95. The van der Waals surface area contributed by atoms with Gasteiger partial charge in [-0.05, 0) is 71.3 Å². The first-order chi connectivity index (χ1) is 30.7. The quantitative estimate of drug-likeness (QED) is 0.168. The molecule has 0 fully saturated rings. The smallest absolute Gasteiger partial charge is 0.100 e. The van der Waals surface area contributed by atoms with E-state index in [9.17, 15) is 15.8 Å². The van der Waals surface area contributed by atoms with Crippen LogP contribution in [0.2, 0.25) is 0 Å². The van der Waals surface area contributed by atoms with Crippen LogP contribution < -0.4 is 0 Å². The van der Waals surface area contributed by atoms with E-state index in [1.165, 1.54) is 5.39 Å². The minimum absolute atomic E-state index is 0.384. The fourth-order valence-electron chi connectivity index (χ4n) is 9.37. The average Bonchev–Trinajstić information content (AvgIpc) is 3.85. The van der Waals surface area contributed by atoms with E-state index in [4.69, 9.17) is 0 Å². The summed E-state index contributed by atoms with van der Waals surface area (Å²) >= 11 is 0. The largest absolute Gasteiger partial charge is 0.309 e. The summed E-state index contributed by atoms with van der Waals surface area (Å²) in [5.41, 5.74) is 13.7. The fourth-order valence-corrected chi connectivity index (χ4v) is 9.37. The van der Waals surface area contributed by atoms with Gasteiger partial charge in [0.05, 0.1) is 44.8 Å². The lowest BCUT2D eigenvalue weighted by molar-refractivity contribution is 1.16. The lowest BCUT2D eigenvalue weighted by Gasteiger charge is -2.18. The number of rotatable bonds is 6. The summed E-state index contributed by atoms with van der Waals surface area (Å²) in [5.74, 6) is 0. The van der Waals surface area contributed by atoms with E-state index < -0.39 is 0 Å². The van der Waals surface area contributed by atoms with Gasteiger partial charge in [-0.1, -0.05) is 146 Å². The second-order valence-corrected chi connectivity index (χ2v) is 15.4. The molecule has 0 bridgehead atoms. The van der Waals surface area contributed by atoms with Crippen LogP contribution in [-0.2, 0) is 0 Å². The third-order valence-corrected chi connectivity index (χ3v) is 12.0. The normalized spacial score (nSPS) is 11.2. The number of benzene rings is 9. The van der Waals surface area contributed by atoms with Crippen LogP contribution in [0.1, 0.15) is 16.7 Å². The molecule has 0 aliphatic carbocycles. The van der Waals surface area contributed by atoms with Crippen LogP contribution in [0.15, 0.2) is 200 Å². The van der Waals surface area contributed by atoms with Crippen molar-refractivity contribution in [2.45, 2.75) is 0 Å². The molecule has 0 saturated carbocycles. The third kappa shape index (κ3) is 5.60. The van der Waals surface area contributed by atoms with Crippen molar-refractivity contribution in [3.63, 3.8) is 0 Å². The van der Waals surface area contributed by atoms with E-state index in [0.29, 0.717) is 33.4 Å². The van der Waals surface area contributed by atoms with Crippen molar-refractivity contribution < 1.29 is 0 Å². The highest BCUT2D eigenvalue weighted by molar-refractivity contribution is 6.21. The van der Waals surface area contributed by atoms with E-state index in [-0.39, 0.29) is 0 Å². The van der Waals surface area contributed by atoms with Crippen LogP contribution in [0.25, 0.3) is 99.5 Å². The first-order valence-electron chi connectivity index (χ1n) is 20.4. The number of hydrogen-bond acceptors (Lipinski definition) is 3. The molecule has 0 aliphatic rings. The van der Waals surface area contributed by atoms with E-state index >= 15 is 0 Å². The number of hydrogen-bond donors (Lipinski definition) is 0. The van der Waals surface area contributed by atoms with Crippen molar-refractivity contribution >= 4 is 43.6 Å². The molecule has 62 heavy (non-hydrogen) atoms. The lowest BCUT2D eigenvalue weighted by atomic mass is 9.83. The molecule has 5 heteroatoms. The molecule has 0 unspecified atom stereocenters. The SMILES string of the molecule is N#Cc1cc(-c2cc(-c3ccccc3)c(C#N)c(-c3ccccc3)c2C#N)ccc1-c1cccc2c3cc4c5ccccc5n(-c5ccccc5)c4cc3n(-c3ccccc3)c12. The maximum atomic E-state index is 11.0. The molecule has 5 nitrogen and oxygen atoms in total. The number of para-hydroxylation sites is 4. The fraction of sp³-hybridized carbons (Fsp3) is 0. The average molecular weight is 788 g/mol. The highest BCUT2D eigenvalue weighted by Gasteiger charge is 2.24.